The van der Waals surface area contributed by atoms with Gasteiger partial charge in [0.1, 0.15) is 5.76 Å². The van der Waals surface area contributed by atoms with Gasteiger partial charge in [-0.05, 0) is 19.1 Å². The van der Waals surface area contributed by atoms with E-state index in [1.807, 2.05) is 18.2 Å². The van der Waals surface area contributed by atoms with Gasteiger partial charge in [0.2, 0.25) is 0 Å². The number of aromatic nitrogens is 2. The van der Waals surface area contributed by atoms with Gasteiger partial charge in [0.25, 0.3) is 5.91 Å². The SMILES string of the molecule is COCc1c(C(=O)N2C[C@@H](CO)[C@H](c3ccccn3)C2)noc1C. The van der Waals surface area contributed by atoms with Crippen molar-refractivity contribution in [3.8, 4) is 0 Å². The van der Waals surface area contributed by atoms with E-state index in [1.54, 1.807) is 25.1 Å². The Morgan fingerprint density at radius 1 is 1.46 bits per heavy atom. The standard InChI is InChI=1S/C17H21N3O4/c1-11-14(10-23-2)16(19-24-11)17(22)20-7-12(9-21)13(8-20)15-5-3-4-6-18-15/h3-6,12-13,21H,7-10H2,1-2H3/t12-,13+/m0/s1. The fourth-order valence-corrected chi connectivity index (χ4v) is 3.18. The minimum absolute atomic E-state index is 0.00773. The van der Waals surface area contributed by atoms with Gasteiger partial charge in [-0.1, -0.05) is 11.2 Å². The van der Waals surface area contributed by atoms with Crippen molar-refractivity contribution >= 4 is 5.91 Å². The number of hydrogen-bond donors (Lipinski definition) is 1. The largest absolute Gasteiger partial charge is 0.396 e. The summed E-state index contributed by atoms with van der Waals surface area (Å²) in [6, 6.07) is 5.70. The molecule has 1 aliphatic rings. The molecule has 0 aromatic carbocycles. The number of carbonyl (C=O) groups is 1. The van der Waals surface area contributed by atoms with Gasteiger partial charge in [-0.3, -0.25) is 9.78 Å². The van der Waals surface area contributed by atoms with E-state index in [-0.39, 0.29) is 36.7 Å². The molecule has 0 aliphatic carbocycles. The van der Waals surface area contributed by atoms with E-state index in [9.17, 15) is 9.90 Å². The number of aliphatic hydroxyl groups excluding tert-OH is 1. The first kappa shape index (κ1) is 16.6. The summed E-state index contributed by atoms with van der Waals surface area (Å²) in [4.78, 5) is 18.9. The lowest BCUT2D eigenvalue weighted by atomic mass is 9.93. The minimum atomic E-state index is -0.198. The molecular formula is C17H21N3O4. The maximum absolute atomic E-state index is 12.8. The number of aliphatic hydroxyl groups is 1. The zero-order valence-corrected chi connectivity index (χ0v) is 13.8. The van der Waals surface area contributed by atoms with Gasteiger partial charge in [0.05, 0.1) is 12.2 Å². The highest BCUT2D eigenvalue weighted by molar-refractivity contribution is 5.94. The average Bonchev–Trinajstić information content (AvgIpc) is 3.20. The number of ether oxygens (including phenoxy) is 1. The molecule has 24 heavy (non-hydrogen) atoms. The van der Waals surface area contributed by atoms with Crippen molar-refractivity contribution in [1.82, 2.24) is 15.0 Å². The zero-order chi connectivity index (χ0) is 17.1. The van der Waals surface area contributed by atoms with E-state index in [1.165, 1.54) is 0 Å². The van der Waals surface area contributed by atoms with Crippen LogP contribution in [0.2, 0.25) is 0 Å². The molecule has 1 N–H and O–H groups in total. The molecule has 128 valence electrons. The monoisotopic (exact) mass is 331 g/mol. The van der Waals surface area contributed by atoms with Crippen molar-refractivity contribution in [2.24, 2.45) is 5.92 Å². The molecule has 1 aliphatic heterocycles. The van der Waals surface area contributed by atoms with Crippen molar-refractivity contribution in [2.45, 2.75) is 19.4 Å². The van der Waals surface area contributed by atoms with E-state index in [0.717, 1.165) is 5.69 Å². The third-order valence-electron chi connectivity index (χ3n) is 4.51. The Balaban J connectivity index is 1.82. The molecule has 1 fully saturated rings. The summed E-state index contributed by atoms with van der Waals surface area (Å²) in [7, 11) is 1.56. The third kappa shape index (κ3) is 3.05. The summed E-state index contributed by atoms with van der Waals surface area (Å²) in [5, 5.41) is 13.6. The Morgan fingerprint density at radius 2 is 2.29 bits per heavy atom. The van der Waals surface area contributed by atoms with Gasteiger partial charge in [0.15, 0.2) is 5.69 Å². The first-order valence-electron chi connectivity index (χ1n) is 7.90. The highest BCUT2D eigenvalue weighted by Gasteiger charge is 2.38. The van der Waals surface area contributed by atoms with Gasteiger partial charge in [0, 0.05) is 50.5 Å². The molecule has 1 amide bonds. The minimum Gasteiger partial charge on any atom is -0.396 e. The normalized spacial score (nSPS) is 20.5. The molecule has 3 heterocycles. The molecule has 0 bridgehead atoms. The molecule has 2 aromatic heterocycles. The van der Waals surface area contributed by atoms with Crippen molar-refractivity contribution in [3.63, 3.8) is 0 Å². The number of methoxy groups -OCH3 is 1. The highest BCUT2D eigenvalue weighted by atomic mass is 16.5. The summed E-state index contributed by atoms with van der Waals surface area (Å²) in [6.07, 6.45) is 1.73. The Bertz CT molecular complexity index is 701. The van der Waals surface area contributed by atoms with Gasteiger partial charge in [-0.15, -0.1) is 0 Å². The smallest absolute Gasteiger partial charge is 0.276 e. The summed E-state index contributed by atoms with van der Waals surface area (Å²) >= 11 is 0. The quantitative estimate of drug-likeness (QED) is 0.890. The van der Waals surface area contributed by atoms with E-state index in [2.05, 4.69) is 10.1 Å². The van der Waals surface area contributed by atoms with Crippen LogP contribution in [0, 0.1) is 12.8 Å². The molecule has 1 saturated heterocycles. The predicted octanol–water partition coefficient (Wildman–Crippen LogP) is 1.37. The van der Waals surface area contributed by atoms with E-state index in [4.69, 9.17) is 9.26 Å². The molecule has 7 nitrogen and oxygen atoms in total. The molecule has 0 radical (unpaired) electrons. The van der Waals surface area contributed by atoms with Crippen molar-refractivity contribution < 1.29 is 19.2 Å². The van der Waals surface area contributed by atoms with Crippen LogP contribution in [-0.2, 0) is 11.3 Å². The highest BCUT2D eigenvalue weighted by Crippen LogP contribution is 2.32. The Morgan fingerprint density at radius 3 is 2.96 bits per heavy atom. The average molecular weight is 331 g/mol. The van der Waals surface area contributed by atoms with Crippen LogP contribution in [0.1, 0.15) is 33.4 Å². The van der Waals surface area contributed by atoms with Crippen LogP contribution in [0.3, 0.4) is 0 Å². The van der Waals surface area contributed by atoms with Gasteiger partial charge < -0.3 is 19.3 Å². The predicted molar refractivity (Wildman–Crippen MR) is 85.4 cm³/mol. The number of carbonyl (C=O) groups excluding carboxylic acids is 1. The van der Waals surface area contributed by atoms with Gasteiger partial charge in [-0.25, -0.2) is 0 Å². The number of aryl methyl sites for hydroxylation is 1. The topological polar surface area (TPSA) is 88.7 Å². The Kier molecular flexibility index (Phi) is 4.92. The molecule has 2 aromatic rings. The first-order chi connectivity index (χ1) is 11.7. The molecule has 7 heteroatoms. The molecule has 0 spiro atoms. The molecule has 0 unspecified atom stereocenters. The van der Waals surface area contributed by atoms with Gasteiger partial charge in [-0.2, -0.15) is 0 Å². The van der Waals surface area contributed by atoms with Crippen LogP contribution in [0.4, 0.5) is 0 Å². The molecular weight excluding hydrogens is 310 g/mol. The van der Waals surface area contributed by atoms with E-state index in [0.29, 0.717) is 24.4 Å². The third-order valence-corrected chi connectivity index (χ3v) is 4.51. The number of hydrogen-bond acceptors (Lipinski definition) is 6. The van der Waals surface area contributed by atoms with Crippen LogP contribution in [0.15, 0.2) is 28.9 Å². The summed E-state index contributed by atoms with van der Waals surface area (Å²) in [6.45, 7) is 3.01. The second-order valence-electron chi connectivity index (χ2n) is 6.01. The van der Waals surface area contributed by atoms with Crippen molar-refractivity contribution in [3.05, 3.63) is 47.1 Å². The number of nitrogens with zero attached hydrogens (tertiary/aromatic N) is 3. The number of amides is 1. The second kappa shape index (κ2) is 7.11. The first-order valence-corrected chi connectivity index (χ1v) is 7.90. The molecule has 0 saturated carbocycles. The Labute approximate surface area is 140 Å². The van der Waals surface area contributed by atoms with Crippen molar-refractivity contribution in [1.29, 1.82) is 0 Å². The van der Waals surface area contributed by atoms with Crippen LogP contribution < -0.4 is 0 Å². The lowest BCUT2D eigenvalue weighted by Gasteiger charge is -2.15. The number of rotatable bonds is 5. The van der Waals surface area contributed by atoms with Crippen LogP contribution >= 0.6 is 0 Å². The maximum Gasteiger partial charge on any atom is 0.276 e. The number of pyridine rings is 1. The van der Waals surface area contributed by atoms with Crippen LogP contribution in [0.5, 0.6) is 0 Å². The molecule has 3 rings (SSSR count). The van der Waals surface area contributed by atoms with Gasteiger partial charge >= 0.3 is 0 Å². The summed E-state index contributed by atoms with van der Waals surface area (Å²) < 4.78 is 10.3. The molecule has 2 atom stereocenters. The maximum atomic E-state index is 12.8. The lowest BCUT2D eigenvalue weighted by Crippen LogP contribution is -2.30. The van der Waals surface area contributed by atoms with E-state index < -0.39 is 0 Å². The van der Waals surface area contributed by atoms with Crippen LogP contribution in [0.25, 0.3) is 0 Å². The second-order valence-corrected chi connectivity index (χ2v) is 6.01. The fraction of sp³-hybridized carbons (Fsp3) is 0.471. The zero-order valence-electron chi connectivity index (χ0n) is 13.8. The lowest BCUT2D eigenvalue weighted by molar-refractivity contribution is 0.0766. The summed E-state index contributed by atoms with van der Waals surface area (Å²) in [5.41, 5.74) is 1.84. The Hall–Kier alpha value is -2.25. The van der Waals surface area contributed by atoms with Crippen LogP contribution in [-0.4, -0.2) is 52.9 Å². The fourth-order valence-electron chi connectivity index (χ4n) is 3.18. The van der Waals surface area contributed by atoms with Crippen molar-refractivity contribution in [2.75, 3.05) is 26.8 Å². The van der Waals surface area contributed by atoms with E-state index >= 15 is 0 Å². The summed E-state index contributed by atoms with van der Waals surface area (Å²) in [5.74, 6) is 0.358. The number of likely N-dealkylation sites (tertiary alicyclic amines) is 1.